The molecule has 0 aromatic carbocycles. The predicted molar refractivity (Wildman–Crippen MR) is 60.6 cm³/mol. The van der Waals surface area contributed by atoms with Crippen molar-refractivity contribution >= 4 is 5.91 Å². The molecule has 0 aliphatic carbocycles. The Morgan fingerprint density at radius 1 is 1.62 bits per heavy atom. The minimum atomic E-state index is 0.128. The van der Waals surface area contributed by atoms with E-state index in [1.54, 1.807) is 6.20 Å². The number of carbonyl (C=O) groups excluding carboxylic acids is 1. The van der Waals surface area contributed by atoms with Crippen molar-refractivity contribution in [3.05, 3.63) is 18.0 Å². The summed E-state index contributed by atoms with van der Waals surface area (Å²) in [5, 5.41) is 12.9. The molecular formula is C11H18N4O. The van der Waals surface area contributed by atoms with Crippen molar-refractivity contribution < 1.29 is 4.79 Å². The average molecular weight is 222 g/mol. The molecule has 3 N–H and O–H groups in total. The van der Waals surface area contributed by atoms with Crippen molar-refractivity contribution in [1.82, 2.24) is 20.8 Å². The van der Waals surface area contributed by atoms with Crippen molar-refractivity contribution in [2.24, 2.45) is 5.92 Å². The van der Waals surface area contributed by atoms with E-state index in [2.05, 4.69) is 20.8 Å². The van der Waals surface area contributed by atoms with Crippen LogP contribution in [0.2, 0.25) is 0 Å². The van der Waals surface area contributed by atoms with Gasteiger partial charge in [-0.3, -0.25) is 9.89 Å². The van der Waals surface area contributed by atoms with Gasteiger partial charge in [-0.15, -0.1) is 0 Å². The van der Waals surface area contributed by atoms with Crippen molar-refractivity contribution in [3.63, 3.8) is 0 Å². The number of aromatic nitrogens is 2. The molecule has 1 aromatic heterocycles. The Labute approximate surface area is 95.0 Å². The molecule has 88 valence electrons. The Hall–Kier alpha value is -1.36. The fraction of sp³-hybridized carbons (Fsp3) is 0.636. The summed E-state index contributed by atoms with van der Waals surface area (Å²) in [6.07, 6.45) is 4.65. The fourth-order valence-corrected chi connectivity index (χ4v) is 2.01. The second-order valence-electron chi connectivity index (χ2n) is 4.28. The molecule has 1 saturated heterocycles. The zero-order valence-corrected chi connectivity index (χ0v) is 9.33. The fourth-order valence-electron chi connectivity index (χ4n) is 2.01. The average Bonchev–Trinajstić information content (AvgIpc) is 2.81. The zero-order chi connectivity index (χ0) is 11.2. The van der Waals surface area contributed by atoms with Gasteiger partial charge in [0.15, 0.2) is 0 Å². The summed E-state index contributed by atoms with van der Waals surface area (Å²) in [7, 11) is 0. The van der Waals surface area contributed by atoms with Crippen LogP contribution in [0.3, 0.4) is 0 Å². The SMILES string of the molecule is O=C(CC1CCCNC1)NCc1ccn[nH]1. The van der Waals surface area contributed by atoms with Gasteiger partial charge in [-0.1, -0.05) is 0 Å². The minimum Gasteiger partial charge on any atom is -0.350 e. The molecule has 1 amide bonds. The van der Waals surface area contributed by atoms with Crippen LogP contribution in [0.4, 0.5) is 0 Å². The number of rotatable bonds is 4. The molecule has 1 aromatic rings. The number of hydrogen-bond donors (Lipinski definition) is 3. The van der Waals surface area contributed by atoms with Gasteiger partial charge in [0.05, 0.1) is 12.2 Å². The van der Waals surface area contributed by atoms with E-state index in [1.807, 2.05) is 6.07 Å². The molecule has 1 atom stereocenters. The minimum absolute atomic E-state index is 0.128. The lowest BCUT2D eigenvalue weighted by Crippen LogP contribution is -2.34. The van der Waals surface area contributed by atoms with Crippen LogP contribution in [-0.4, -0.2) is 29.2 Å². The van der Waals surface area contributed by atoms with Crippen LogP contribution in [0.15, 0.2) is 12.3 Å². The van der Waals surface area contributed by atoms with Crippen LogP contribution in [0.5, 0.6) is 0 Å². The Balaban J connectivity index is 1.67. The first kappa shape index (κ1) is 11.1. The predicted octanol–water partition coefficient (Wildman–Crippen LogP) is 0.416. The summed E-state index contributed by atoms with van der Waals surface area (Å²) < 4.78 is 0. The van der Waals surface area contributed by atoms with Gasteiger partial charge < -0.3 is 10.6 Å². The first-order valence-electron chi connectivity index (χ1n) is 5.80. The number of nitrogens with one attached hydrogen (secondary N) is 3. The molecule has 5 nitrogen and oxygen atoms in total. The van der Waals surface area contributed by atoms with Crippen LogP contribution >= 0.6 is 0 Å². The van der Waals surface area contributed by atoms with Crippen molar-refractivity contribution in [2.45, 2.75) is 25.8 Å². The Bertz CT molecular complexity index is 317. The molecular weight excluding hydrogens is 204 g/mol. The van der Waals surface area contributed by atoms with E-state index in [9.17, 15) is 4.79 Å². The molecule has 5 heteroatoms. The van der Waals surface area contributed by atoms with Gasteiger partial charge in [0.25, 0.3) is 0 Å². The monoisotopic (exact) mass is 222 g/mol. The number of H-pyrrole nitrogens is 1. The number of aromatic amines is 1. The maximum Gasteiger partial charge on any atom is 0.220 e. The van der Waals surface area contributed by atoms with E-state index >= 15 is 0 Å². The Morgan fingerprint density at radius 2 is 2.56 bits per heavy atom. The number of hydrogen-bond acceptors (Lipinski definition) is 3. The molecule has 2 rings (SSSR count). The molecule has 0 radical (unpaired) electrons. The maximum absolute atomic E-state index is 11.6. The lowest BCUT2D eigenvalue weighted by molar-refractivity contribution is -0.122. The smallest absolute Gasteiger partial charge is 0.220 e. The van der Waals surface area contributed by atoms with Gasteiger partial charge >= 0.3 is 0 Å². The lowest BCUT2D eigenvalue weighted by atomic mass is 9.96. The first-order valence-corrected chi connectivity index (χ1v) is 5.80. The third-order valence-corrected chi connectivity index (χ3v) is 2.91. The highest BCUT2D eigenvalue weighted by molar-refractivity contribution is 5.76. The third-order valence-electron chi connectivity index (χ3n) is 2.91. The Kier molecular flexibility index (Phi) is 3.93. The summed E-state index contributed by atoms with van der Waals surface area (Å²) in [5.74, 6) is 0.624. The van der Waals surface area contributed by atoms with Crippen LogP contribution < -0.4 is 10.6 Å². The number of nitrogens with zero attached hydrogens (tertiary/aromatic N) is 1. The highest BCUT2D eigenvalue weighted by Gasteiger charge is 2.16. The lowest BCUT2D eigenvalue weighted by Gasteiger charge is -2.21. The van der Waals surface area contributed by atoms with Gasteiger partial charge in [0.1, 0.15) is 0 Å². The summed E-state index contributed by atoms with van der Waals surface area (Å²) in [4.78, 5) is 11.6. The van der Waals surface area contributed by atoms with E-state index in [0.717, 1.165) is 25.2 Å². The number of carbonyl (C=O) groups is 1. The van der Waals surface area contributed by atoms with Crippen molar-refractivity contribution in [2.75, 3.05) is 13.1 Å². The van der Waals surface area contributed by atoms with Gasteiger partial charge in [-0.05, 0) is 37.9 Å². The summed E-state index contributed by atoms with van der Waals surface area (Å²) in [6.45, 7) is 2.60. The van der Waals surface area contributed by atoms with Crippen LogP contribution in [0, 0.1) is 5.92 Å². The highest BCUT2D eigenvalue weighted by atomic mass is 16.1. The summed E-state index contributed by atoms with van der Waals surface area (Å²) >= 11 is 0. The first-order chi connectivity index (χ1) is 7.84. The quantitative estimate of drug-likeness (QED) is 0.691. The molecule has 1 aliphatic rings. The van der Waals surface area contributed by atoms with Gasteiger partial charge in [0, 0.05) is 12.6 Å². The molecule has 0 bridgehead atoms. The van der Waals surface area contributed by atoms with Gasteiger partial charge in [0.2, 0.25) is 5.91 Å². The molecule has 2 heterocycles. The van der Waals surface area contributed by atoms with E-state index in [0.29, 0.717) is 18.9 Å². The second-order valence-corrected chi connectivity index (χ2v) is 4.28. The standard InChI is InChI=1S/C11H18N4O/c16-11(6-9-2-1-4-12-7-9)13-8-10-3-5-14-15-10/h3,5,9,12H,1-2,4,6-8H2,(H,13,16)(H,14,15). The normalized spacial score (nSPS) is 20.6. The molecule has 1 fully saturated rings. The van der Waals surface area contributed by atoms with E-state index in [-0.39, 0.29) is 5.91 Å². The van der Waals surface area contributed by atoms with Gasteiger partial charge in [-0.25, -0.2) is 0 Å². The van der Waals surface area contributed by atoms with E-state index in [4.69, 9.17) is 0 Å². The topological polar surface area (TPSA) is 69.8 Å². The number of amides is 1. The van der Waals surface area contributed by atoms with Crippen LogP contribution in [0.25, 0.3) is 0 Å². The van der Waals surface area contributed by atoms with Gasteiger partial charge in [-0.2, -0.15) is 5.10 Å². The molecule has 16 heavy (non-hydrogen) atoms. The van der Waals surface area contributed by atoms with E-state index < -0.39 is 0 Å². The summed E-state index contributed by atoms with van der Waals surface area (Å²) in [5.41, 5.74) is 0.940. The second kappa shape index (κ2) is 5.65. The number of piperidine rings is 1. The molecule has 1 unspecified atom stereocenters. The summed E-state index contributed by atoms with van der Waals surface area (Å²) in [6, 6.07) is 1.86. The maximum atomic E-state index is 11.6. The molecule has 0 saturated carbocycles. The third kappa shape index (κ3) is 3.34. The largest absolute Gasteiger partial charge is 0.350 e. The van der Waals surface area contributed by atoms with Crippen LogP contribution in [-0.2, 0) is 11.3 Å². The molecule has 0 spiro atoms. The highest BCUT2D eigenvalue weighted by Crippen LogP contribution is 2.13. The van der Waals surface area contributed by atoms with Crippen molar-refractivity contribution in [1.29, 1.82) is 0 Å². The molecule has 1 aliphatic heterocycles. The van der Waals surface area contributed by atoms with Crippen molar-refractivity contribution in [3.8, 4) is 0 Å². The zero-order valence-electron chi connectivity index (χ0n) is 9.33. The van der Waals surface area contributed by atoms with Crippen LogP contribution in [0.1, 0.15) is 25.0 Å². The van der Waals surface area contributed by atoms with E-state index in [1.165, 1.54) is 6.42 Å². The Morgan fingerprint density at radius 3 is 3.25 bits per heavy atom.